The summed E-state index contributed by atoms with van der Waals surface area (Å²) in [6.07, 6.45) is 0. The number of hydrogen-bond acceptors (Lipinski definition) is 0. The zero-order chi connectivity index (χ0) is 7.86. The summed E-state index contributed by atoms with van der Waals surface area (Å²) >= 11 is 5.24. The first-order chi connectivity index (χ1) is 4.00. The van der Waals surface area contributed by atoms with Gasteiger partial charge >= 0.3 is 0 Å². The Morgan fingerprint density at radius 2 is 1.56 bits per heavy atom. The second-order valence-electron chi connectivity index (χ2n) is 2.59. The number of hydrogen-bond donors (Lipinski definition) is 1. The lowest BCUT2D eigenvalue weighted by molar-refractivity contribution is -0.836. The Kier molecular flexibility index (Phi) is 10.4. The molecule has 0 saturated heterocycles. The van der Waals surface area contributed by atoms with E-state index < -0.39 is 0 Å². The van der Waals surface area contributed by atoms with Gasteiger partial charge in [0.05, 0.1) is 21.1 Å². The van der Waals surface area contributed by atoms with Crippen LogP contribution in [-0.2, 0) is 0 Å². The number of allylic oxidation sites excluding steroid dienone is 1. The molecule has 0 spiro atoms. The zero-order valence-electron chi connectivity index (χ0n) is 6.79. The van der Waals surface area contributed by atoms with Crippen molar-refractivity contribution in [3.05, 3.63) is 12.2 Å². The van der Waals surface area contributed by atoms with Gasteiger partial charge in [0.1, 0.15) is 0 Å². The highest BCUT2D eigenvalue weighted by atomic mass is 35.5. The molecule has 0 aliphatic carbocycles. The molecule has 0 aromatic carbocycles. The fourth-order valence-electron chi connectivity index (χ4n) is 0. The highest BCUT2D eigenvalue weighted by Gasteiger charge is 1.70. The van der Waals surface area contributed by atoms with Gasteiger partial charge in [-0.15, -0.1) is 11.6 Å². The maximum Gasteiger partial charge on any atom is 0.0661 e. The molecular formula is C7H17ClN+. The van der Waals surface area contributed by atoms with E-state index in [4.69, 9.17) is 11.6 Å². The molecule has 0 aromatic rings. The summed E-state index contributed by atoms with van der Waals surface area (Å²) in [6, 6.07) is 0. The molecule has 56 valence electrons. The third-order valence-electron chi connectivity index (χ3n) is 0.228. The number of halogens is 1. The number of quaternary nitrogens is 1. The van der Waals surface area contributed by atoms with Crippen LogP contribution in [-0.4, -0.2) is 27.0 Å². The Hall–Kier alpha value is -0.0100. The summed E-state index contributed by atoms with van der Waals surface area (Å²) in [6.45, 7) is 5.44. The fraction of sp³-hybridized carbons (Fsp3) is 0.714. The van der Waals surface area contributed by atoms with Gasteiger partial charge in [0, 0.05) is 5.88 Å². The van der Waals surface area contributed by atoms with Crippen LogP contribution >= 0.6 is 11.6 Å². The maximum atomic E-state index is 5.24. The molecule has 0 fully saturated rings. The Labute approximate surface area is 63.3 Å². The second-order valence-corrected chi connectivity index (χ2v) is 2.86. The van der Waals surface area contributed by atoms with E-state index in [2.05, 4.69) is 27.7 Å². The van der Waals surface area contributed by atoms with Crippen molar-refractivity contribution in [3.63, 3.8) is 0 Å². The molecule has 0 saturated carbocycles. The molecule has 0 aliphatic heterocycles. The Bertz CT molecular complexity index is 66.6. The molecule has 0 amide bonds. The average Bonchev–Trinajstić information content (AvgIpc) is 1.65. The van der Waals surface area contributed by atoms with Crippen molar-refractivity contribution in [1.29, 1.82) is 0 Å². The average molecular weight is 151 g/mol. The number of nitrogens with one attached hydrogen (secondary N) is 1. The molecule has 0 rings (SSSR count). The lowest BCUT2D eigenvalue weighted by Crippen LogP contribution is -3.02. The van der Waals surface area contributed by atoms with E-state index >= 15 is 0 Å². The fourth-order valence-corrected chi connectivity index (χ4v) is 0. The van der Waals surface area contributed by atoms with Crippen LogP contribution in [0.15, 0.2) is 12.2 Å². The summed E-state index contributed by atoms with van der Waals surface area (Å²) in [4.78, 5) is 1.42. The lowest BCUT2D eigenvalue weighted by atomic mass is 10.4. The van der Waals surface area contributed by atoms with E-state index in [0.717, 1.165) is 5.57 Å². The van der Waals surface area contributed by atoms with E-state index in [-0.39, 0.29) is 0 Å². The van der Waals surface area contributed by atoms with Gasteiger partial charge in [-0.05, 0) is 6.92 Å². The van der Waals surface area contributed by atoms with E-state index in [1.54, 1.807) is 0 Å². The van der Waals surface area contributed by atoms with Gasteiger partial charge < -0.3 is 4.90 Å². The minimum Gasteiger partial charge on any atom is -0.342 e. The molecule has 0 heterocycles. The van der Waals surface area contributed by atoms with E-state index in [1.165, 1.54) is 4.90 Å². The van der Waals surface area contributed by atoms with Crippen molar-refractivity contribution in [2.45, 2.75) is 6.92 Å². The molecule has 0 bridgehead atoms. The van der Waals surface area contributed by atoms with Crippen molar-refractivity contribution < 1.29 is 4.90 Å². The van der Waals surface area contributed by atoms with E-state index in [0.29, 0.717) is 5.88 Å². The molecule has 9 heavy (non-hydrogen) atoms. The van der Waals surface area contributed by atoms with Crippen molar-refractivity contribution in [2.24, 2.45) is 0 Å². The standard InChI is InChI=1S/C4H7Cl.C3H9N/c1-4(2)3-5;1-4(2)3/h1,3H2,2H3;1-3H3/p+1. The first kappa shape index (κ1) is 11.7. The summed E-state index contributed by atoms with van der Waals surface area (Å²) in [5, 5.41) is 0. The summed E-state index contributed by atoms with van der Waals surface area (Å²) in [7, 11) is 6.25. The molecule has 1 N–H and O–H groups in total. The van der Waals surface area contributed by atoms with Crippen LogP contribution in [0.2, 0.25) is 0 Å². The molecule has 0 radical (unpaired) electrons. The van der Waals surface area contributed by atoms with Gasteiger partial charge in [0.2, 0.25) is 0 Å². The van der Waals surface area contributed by atoms with Gasteiger partial charge in [-0.1, -0.05) is 12.2 Å². The minimum atomic E-state index is 0.583. The van der Waals surface area contributed by atoms with Crippen LogP contribution in [0, 0.1) is 0 Å². The van der Waals surface area contributed by atoms with Gasteiger partial charge in [-0.2, -0.15) is 0 Å². The predicted molar refractivity (Wildman–Crippen MR) is 44.3 cm³/mol. The first-order valence-corrected chi connectivity index (χ1v) is 3.51. The highest BCUT2D eigenvalue weighted by Crippen LogP contribution is 1.86. The molecule has 0 aliphatic rings. The Morgan fingerprint density at radius 1 is 1.44 bits per heavy atom. The van der Waals surface area contributed by atoms with Crippen LogP contribution in [0.1, 0.15) is 6.92 Å². The summed E-state index contributed by atoms with van der Waals surface area (Å²) in [5.41, 5.74) is 1.02. The normalized spacial score (nSPS) is 8.22. The van der Waals surface area contributed by atoms with Crippen molar-refractivity contribution in [1.82, 2.24) is 0 Å². The zero-order valence-corrected chi connectivity index (χ0v) is 7.55. The SMILES string of the molecule is C=C(C)CCl.C[NH+](C)C. The van der Waals surface area contributed by atoms with Gasteiger partial charge in [0.15, 0.2) is 0 Å². The smallest absolute Gasteiger partial charge is 0.0661 e. The first-order valence-electron chi connectivity index (χ1n) is 2.97. The molecule has 0 atom stereocenters. The molecule has 0 aromatic heterocycles. The summed E-state index contributed by atoms with van der Waals surface area (Å²) < 4.78 is 0. The third-order valence-corrected chi connectivity index (χ3v) is 0.684. The summed E-state index contributed by atoms with van der Waals surface area (Å²) in [5.74, 6) is 0.583. The number of alkyl halides is 1. The molecular weight excluding hydrogens is 134 g/mol. The predicted octanol–water partition coefficient (Wildman–Crippen LogP) is 0.562. The van der Waals surface area contributed by atoms with Crippen LogP contribution in [0.25, 0.3) is 0 Å². The van der Waals surface area contributed by atoms with E-state index in [1.807, 2.05) is 6.92 Å². The van der Waals surface area contributed by atoms with Gasteiger partial charge in [-0.3, -0.25) is 0 Å². The second kappa shape index (κ2) is 7.99. The van der Waals surface area contributed by atoms with Crippen molar-refractivity contribution in [3.8, 4) is 0 Å². The van der Waals surface area contributed by atoms with Crippen molar-refractivity contribution >= 4 is 11.6 Å². The molecule has 1 nitrogen and oxygen atoms in total. The number of rotatable bonds is 1. The van der Waals surface area contributed by atoms with Crippen LogP contribution < -0.4 is 4.90 Å². The monoisotopic (exact) mass is 150 g/mol. The Balaban J connectivity index is 0. The van der Waals surface area contributed by atoms with Crippen LogP contribution in [0.5, 0.6) is 0 Å². The van der Waals surface area contributed by atoms with Crippen molar-refractivity contribution in [2.75, 3.05) is 27.0 Å². The maximum absolute atomic E-state index is 5.24. The quantitative estimate of drug-likeness (QED) is 0.412. The molecule has 0 unspecified atom stereocenters. The Morgan fingerprint density at radius 3 is 1.56 bits per heavy atom. The highest BCUT2D eigenvalue weighted by molar-refractivity contribution is 6.19. The molecule has 2 heteroatoms. The lowest BCUT2D eigenvalue weighted by Gasteiger charge is -1.88. The van der Waals surface area contributed by atoms with Crippen LogP contribution in [0.4, 0.5) is 0 Å². The third kappa shape index (κ3) is 72.4. The van der Waals surface area contributed by atoms with Crippen LogP contribution in [0.3, 0.4) is 0 Å². The van der Waals surface area contributed by atoms with E-state index in [9.17, 15) is 0 Å². The van der Waals surface area contributed by atoms with Gasteiger partial charge in [0.25, 0.3) is 0 Å². The topological polar surface area (TPSA) is 4.44 Å². The minimum absolute atomic E-state index is 0.583. The largest absolute Gasteiger partial charge is 0.342 e. The van der Waals surface area contributed by atoms with Gasteiger partial charge in [-0.25, -0.2) is 0 Å².